The summed E-state index contributed by atoms with van der Waals surface area (Å²) in [6, 6.07) is 2.12. The van der Waals surface area contributed by atoms with Crippen LogP contribution >= 0.6 is 11.3 Å². The van der Waals surface area contributed by atoms with E-state index in [1.54, 1.807) is 11.3 Å². The molecule has 3 atom stereocenters. The van der Waals surface area contributed by atoms with Crippen LogP contribution in [-0.4, -0.2) is 60.5 Å². The summed E-state index contributed by atoms with van der Waals surface area (Å²) in [6.45, 7) is 3.90. The number of ether oxygens (including phenoxy) is 1. The van der Waals surface area contributed by atoms with Crippen molar-refractivity contribution in [2.75, 3.05) is 32.8 Å². The molecule has 2 amide bonds. The lowest BCUT2D eigenvalue weighted by atomic mass is 9.93. The average molecular weight is 360 g/mol. The number of aryl methyl sites for hydroxylation is 2. The Hall–Kier alpha value is -1.40. The number of nitrogens with zero attached hydrogens (tertiary/aromatic N) is 2. The van der Waals surface area contributed by atoms with E-state index in [0.717, 1.165) is 50.4 Å². The van der Waals surface area contributed by atoms with Crippen molar-refractivity contribution in [3.63, 3.8) is 0 Å². The van der Waals surface area contributed by atoms with E-state index in [9.17, 15) is 9.59 Å². The molecule has 134 valence electrons. The van der Waals surface area contributed by atoms with Crippen molar-refractivity contribution in [1.82, 2.24) is 9.80 Å². The Morgan fingerprint density at radius 2 is 2.16 bits per heavy atom. The minimum Gasteiger partial charge on any atom is -0.376 e. The molecule has 6 heteroatoms. The summed E-state index contributed by atoms with van der Waals surface area (Å²) in [7, 11) is 0. The van der Waals surface area contributed by atoms with Crippen LogP contribution in [0.25, 0.3) is 0 Å². The number of amides is 2. The zero-order valence-electron chi connectivity index (χ0n) is 14.4. The number of hydrogen-bond donors (Lipinski definition) is 0. The van der Waals surface area contributed by atoms with Gasteiger partial charge in [0.25, 0.3) is 5.91 Å². The lowest BCUT2D eigenvalue weighted by Gasteiger charge is -2.24. The summed E-state index contributed by atoms with van der Waals surface area (Å²) in [4.78, 5) is 31.1. The third kappa shape index (κ3) is 2.70. The molecule has 0 unspecified atom stereocenters. The molecule has 0 spiro atoms. The van der Waals surface area contributed by atoms with Gasteiger partial charge in [0.2, 0.25) is 5.91 Å². The van der Waals surface area contributed by atoms with Gasteiger partial charge in [0.1, 0.15) is 0 Å². The average Bonchev–Trinajstić information content (AvgIpc) is 3.35. The fraction of sp³-hybridized carbons (Fsp3) is 0.684. The van der Waals surface area contributed by atoms with Crippen LogP contribution in [0.3, 0.4) is 0 Å². The van der Waals surface area contributed by atoms with Crippen LogP contribution in [0.5, 0.6) is 0 Å². The van der Waals surface area contributed by atoms with Gasteiger partial charge in [0.15, 0.2) is 0 Å². The van der Waals surface area contributed by atoms with Crippen LogP contribution in [0, 0.1) is 11.8 Å². The highest BCUT2D eigenvalue weighted by Gasteiger charge is 2.46. The first kappa shape index (κ1) is 15.8. The van der Waals surface area contributed by atoms with E-state index in [0.29, 0.717) is 24.8 Å². The van der Waals surface area contributed by atoms with Crippen LogP contribution < -0.4 is 0 Å². The van der Waals surface area contributed by atoms with E-state index in [2.05, 4.69) is 6.07 Å². The van der Waals surface area contributed by atoms with Crippen LogP contribution in [0.4, 0.5) is 0 Å². The van der Waals surface area contributed by atoms with Crippen molar-refractivity contribution in [2.45, 2.75) is 38.2 Å². The number of fused-ring (bicyclic) bond motifs is 2. The third-order valence-corrected chi connectivity index (χ3v) is 7.53. The molecule has 4 aliphatic rings. The maximum Gasteiger partial charge on any atom is 0.264 e. The lowest BCUT2D eigenvalue weighted by molar-refractivity contribution is -0.128. The predicted octanol–water partition coefficient (Wildman–Crippen LogP) is 1.95. The van der Waals surface area contributed by atoms with Gasteiger partial charge in [-0.2, -0.15) is 0 Å². The van der Waals surface area contributed by atoms with E-state index >= 15 is 0 Å². The van der Waals surface area contributed by atoms with E-state index in [1.807, 2.05) is 9.80 Å². The summed E-state index contributed by atoms with van der Waals surface area (Å²) >= 11 is 1.69. The summed E-state index contributed by atoms with van der Waals surface area (Å²) in [5, 5.41) is 0. The highest BCUT2D eigenvalue weighted by atomic mass is 32.1. The van der Waals surface area contributed by atoms with Gasteiger partial charge in [0.05, 0.1) is 17.6 Å². The van der Waals surface area contributed by atoms with E-state index < -0.39 is 0 Å². The fourth-order valence-corrected chi connectivity index (χ4v) is 6.14. The van der Waals surface area contributed by atoms with Gasteiger partial charge in [-0.3, -0.25) is 9.59 Å². The molecule has 1 aromatic rings. The van der Waals surface area contributed by atoms with Gasteiger partial charge in [-0.25, -0.2) is 0 Å². The molecule has 0 bridgehead atoms. The smallest absolute Gasteiger partial charge is 0.264 e. The van der Waals surface area contributed by atoms with Crippen LogP contribution in [0.15, 0.2) is 6.07 Å². The van der Waals surface area contributed by atoms with Crippen molar-refractivity contribution < 1.29 is 14.3 Å². The monoisotopic (exact) mass is 360 g/mol. The van der Waals surface area contributed by atoms with Crippen molar-refractivity contribution >= 4 is 23.2 Å². The highest BCUT2D eigenvalue weighted by molar-refractivity contribution is 7.14. The molecule has 3 fully saturated rings. The van der Waals surface area contributed by atoms with Gasteiger partial charge in [-0.15, -0.1) is 11.3 Å². The second-order valence-corrected chi connectivity index (χ2v) is 9.00. The molecular formula is C19H24N2O3S. The number of hydrogen-bond acceptors (Lipinski definition) is 4. The number of carbonyl (C=O) groups is 2. The molecule has 0 N–H and O–H groups in total. The zero-order valence-corrected chi connectivity index (χ0v) is 15.2. The van der Waals surface area contributed by atoms with Gasteiger partial charge >= 0.3 is 0 Å². The number of likely N-dealkylation sites (tertiary alicyclic amines) is 2. The van der Waals surface area contributed by atoms with Gasteiger partial charge < -0.3 is 14.5 Å². The maximum atomic E-state index is 12.9. The Balaban J connectivity index is 1.25. The molecule has 0 saturated carbocycles. The maximum absolute atomic E-state index is 12.9. The van der Waals surface area contributed by atoms with Crippen LogP contribution in [-0.2, 0) is 22.4 Å². The standard InChI is InChI=1S/C19H24N2O3S/c22-18-5-2-6-20(18)8-13-11-24-15-10-21(9-14(13)15)19(23)17-7-12-3-1-4-16(12)25-17/h7,13-15H,1-6,8-11H2/t13-,14-,15-/m1/s1. The lowest BCUT2D eigenvalue weighted by Crippen LogP contribution is -2.36. The van der Waals surface area contributed by atoms with E-state index in [1.165, 1.54) is 16.9 Å². The molecule has 25 heavy (non-hydrogen) atoms. The number of rotatable bonds is 3. The van der Waals surface area contributed by atoms with Gasteiger partial charge in [0, 0.05) is 49.3 Å². The molecule has 5 rings (SSSR count). The second kappa shape index (κ2) is 6.09. The second-order valence-electron chi connectivity index (χ2n) is 7.86. The Morgan fingerprint density at radius 1 is 1.24 bits per heavy atom. The zero-order chi connectivity index (χ0) is 17.0. The molecule has 3 aliphatic heterocycles. The minimum atomic E-state index is 0.151. The summed E-state index contributed by atoms with van der Waals surface area (Å²) < 4.78 is 5.98. The largest absolute Gasteiger partial charge is 0.376 e. The Labute approximate surface area is 151 Å². The molecule has 5 nitrogen and oxygen atoms in total. The van der Waals surface area contributed by atoms with E-state index in [-0.39, 0.29) is 17.9 Å². The molecule has 0 radical (unpaired) electrons. The molecule has 1 aliphatic carbocycles. The van der Waals surface area contributed by atoms with E-state index in [4.69, 9.17) is 4.74 Å². The summed E-state index contributed by atoms with van der Waals surface area (Å²) in [5.41, 5.74) is 1.38. The molecule has 0 aromatic carbocycles. The predicted molar refractivity (Wildman–Crippen MR) is 94.8 cm³/mol. The summed E-state index contributed by atoms with van der Waals surface area (Å²) in [5.74, 6) is 1.21. The van der Waals surface area contributed by atoms with Crippen LogP contribution in [0.2, 0.25) is 0 Å². The first-order valence-electron chi connectivity index (χ1n) is 9.49. The minimum absolute atomic E-state index is 0.151. The number of carbonyl (C=O) groups excluding carboxylic acids is 2. The molecule has 1 aromatic heterocycles. The topological polar surface area (TPSA) is 49.9 Å². The highest BCUT2D eigenvalue weighted by Crippen LogP contribution is 2.37. The first-order valence-corrected chi connectivity index (χ1v) is 10.3. The normalized spacial score (nSPS) is 31.0. The Kier molecular flexibility index (Phi) is 3.86. The van der Waals surface area contributed by atoms with Crippen LogP contribution in [0.1, 0.15) is 39.4 Å². The fourth-order valence-electron chi connectivity index (χ4n) is 4.92. The van der Waals surface area contributed by atoms with Crippen molar-refractivity contribution in [2.24, 2.45) is 11.8 Å². The third-order valence-electron chi connectivity index (χ3n) is 6.31. The van der Waals surface area contributed by atoms with Gasteiger partial charge in [-0.05, 0) is 37.3 Å². The molecule has 4 heterocycles. The number of thiophene rings is 1. The van der Waals surface area contributed by atoms with Gasteiger partial charge in [-0.1, -0.05) is 0 Å². The van der Waals surface area contributed by atoms with Crippen molar-refractivity contribution in [3.8, 4) is 0 Å². The SMILES string of the molecule is O=C1CCCN1C[C@@H]1CO[C@@H]2CN(C(=O)c3cc4c(s3)CCC4)C[C@H]12. The molecular weight excluding hydrogens is 336 g/mol. The Bertz CT molecular complexity index is 694. The Morgan fingerprint density at radius 3 is 2.96 bits per heavy atom. The molecule has 3 saturated heterocycles. The quantitative estimate of drug-likeness (QED) is 0.828. The summed E-state index contributed by atoms with van der Waals surface area (Å²) in [6.07, 6.45) is 5.31. The first-order chi connectivity index (χ1) is 12.2. The van der Waals surface area contributed by atoms with Crippen molar-refractivity contribution in [1.29, 1.82) is 0 Å². The van der Waals surface area contributed by atoms with Crippen molar-refractivity contribution in [3.05, 3.63) is 21.4 Å².